The first kappa shape index (κ1) is 37.6. The van der Waals surface area contributed by atoms with Crippen LogP contribution in [0.1, 0.15) is 208 Å². The van der Waals surface area contributed by atoms with Gasteiger partial charge >= 0.3 is 0 Å². The second kappa shape index (κ2) is 11.4. The third kappa shape index (κ3) is 8.38. The van der Waals surface area contributed by atoms with E-state index in [0.29, 0.717) is 5.92 Å². The summed E-state index contributed by atoms with van der Waals surface area (Å²) in [5.74, 6) is 0.389. The van der Waals surface area contributed by atoms with Gasteiger partial charge in [0.05, 0.1) is 0 Å². The van der Waals surface area contributed by atoms with E-state index < -0.39 is 0 Å². The fraction of sp³-hybridized carbons (Fsp3) is 0.721. The largest absolute Gasteiger partial charge is 0.0581 e. The summed E-state index contributed by atoms with van der Waals surface area (Å²) in [7, 11) is 0. The van der Waals surface area contributed by atoms with E-state index in [1.165, 1.54) is 33.4 Å². The Hall–Kier alpha value is -1.56. The van der Waals surface area contributed by atoms with Gasteiger partial charge in [-0.15, -0.1) is 0 Å². The Labute approximate surface area is 270 Å². The van der Waals surface area contributed by atoms with Crippen molar-refractivity contribution in [1.82, 2.24) is 0 Å². The van der Waals surface area contributed by atoms with Gasteiger partial charge in [-0.2, -0.15) is 0 Å². The number of hydrogen-bond donors (Lipinski definition) is 0. The normalized spacial score (nSPS) is 15.2. The predicted octanol–water partition coefficient (Wildman–Crippen LogP) is 13.1. The summed E-state index contributed by atoms with van der Waals surface area (Å²) in [4.78, 5) is 0. The molecule has 0 N–H and O–H groups in total. The minimum Gasteiger partial charge on any atom is -0.0581 e. The highest BCUT2D eigenvalue weighted by Crippen LogP contribution is 2.48. The van der Waals surface area contributed by atoms with Crippen LogP contribution in [0.3, 0.4) is 0 Å². The fourth-order valence-electron chi connectivity index (χ4n) is 7.13. The van der Waals surface area contributed by atoms with Gasteiger partial charge in [0, 0.05) is 0 Å². The van der Waals surface area contributed by atoms with Crippen molar-refractivity contribution in [3.8, 4) is 0 Å². The highest BCUT2D eigenvalue weighted by molar-refractivity contribution is 5.57. The lowest BCUT2D eigenvalue weighted by Crippen LogP contribution is -2.32. The van der Waals surface area contributed by atoms with Gasteiger partial charge in [-0.1, -0.05) is 171 Å². The zero-order valence-electron chi connectivity index (χ0n) is 33.0. The van der Waals surface area contributed by atoms with Gasteiger partial charge in [-0.25, -0.2) is 0 Å². The topological polar surface area (TPSA) is 0 Å². The monoisotopic (exact) mass is 589 g/mol. The van der Waals surface area contributed by atoms with E-state index in [-0.39, 0.29) is 37.9 Å². The molecule has 0 saturated carbocycles. The first-order valence-electron chi connectivity index (χ1n) is 17.1. The average Bonchev–Trinajstić information content (AvgIpc) is 2.72. The van der Waals surface area contributed by atoms with Gasteiger partial charge in [0.1, 0.15) is 0 Å². The quantitative estimate of drug-likeness (QED) is 0.334. The maximum absolute atomic E-state index is 2.62. The van der Waals surface area contributed by atoms with E-state index >= 15 is 0 Å². The standard InChI is InChI=1S/C43H72/c1-27(28-24-32(39(8,9)10)33(40(11,12)13)25-30(28)37(2,3)4)23-29-31(38(5,6)7)26-34(41(14,15)16)36(43(20,21)22)35(29)42(17,18)19/h24-27H,23H2,1-22H3. The molecular formula is C43H72. The molecule has 0 heterocycles. The van der Waals surface area contributed by atoms with Crippen molar-refractivity contribution in [2.45, 2.75) is 203 Å². The Balaban J connectivity index is 3.15. The van der Waals surface area contributed by atoms with Crippen LogP contribution in [0, 0.1) is 0 Å². The number of hydrogen-bond acceptors (Lipinski definition) is 0. The van der Waals surface area contributed by atoms with Crippen molar-refractivity contribution in [2.75, 3.05) is 0 Å². The summed E-state index contributed by atoms with van der Waals surface area (Å²) in [6, 6.07) is 7.82. The predicted molar refractivity (Wildman–Crippen MR) is 196 cm³/mol. The molecule has 1 atom stereocenters. The molecule has 2 aromatic rings. The van der Waals surface area contributed by atoms with Crippen LogP contribution in [-0.2, 0) is 44.3 Å². The molecule has 0 amide bonds. The van der Waals surface area contributed by atoms with Gasteiger partial charge in [0.15, 0.2) is 0 Å². The molecule has 0 heteroatoms. The molecular weight excluding hydrogens is 516 g/mol. The Morgan fingerprint density at radius 1 is 0.372 bits per heavy atom. The molecule has 0 spiro atoms. The SMILES string of the molecule is CC(Cc1c(C(C)(C)C)cc(C(C)(C)C)c(C(C)(C)C)c1C(C)(C)C)c1cc(C(C)(C)C)c(C(C)(C)C)cc1C(C)(C)C. The highest BCUT2D eigenvalue weighted by Gasteiger charge is 2.38. The van der Waals surface area contributed by atoms with Crippen LogP contribution < -0.4 is 0 Å². The summed E-state index contributed by atoms with van der Waals surface area (Å²) in [5, 5.41) is 0. The number of rotatable bonds is 3. The molecule has 0 radical (unpaired) electrons. The maximum Gasteiger partial charge on any atom is -0.0126 e. The van der Waals surface area contributed by atoms with Crippen molar-refractivity contribution >= 4 is 0 Å². The molecule has 0 bridgehead atoms. The van der Waals surface area contributed by atoms with Gasteiger partial charge in [0.2, 0.25) is 0 Å². The van der Waals surface area contributed by atoms with Crippen LogP contribution in [0.25, 0.3) is 0 Å². The zero-order chi connectivity index (χ0) is 34.1. The second-order valence-electron chi connectivity index (χ2n) is 21.0. The third-order valence-electron chi connectivity index (χ3n) is 9.21. The lowest BCUT2D eigenvalue weighted by molar-refractivity contribution is 0.481. The van der Waals surface area contributed by atoms with Crippen molar-refractivity contribution in [2.24, 2.45) is 0 Å². The first-order chi connectivity index (χ1) is 18.7. The molecule has 2 rings (SSSR count). The molecule has 0 saturated heterocycles. The van der Waals surface area contributed by atoms with E-state index in [9.17, 15) is 0 Å². The van der Waals surface area contributed by atoms with Crippen LogP contribution >= 0.6 is 0 Å². The Kier molecular flexibility index (Phi) is 9.93. The smallest absolute Gasteiger partial charge is 0.0126 e. The van der Waals surface area contributed by atoms with Crippen molar-refractivity contribution in [3.05, 3.63) is 68.3 Å². The van der Waals surface area contributed by atoms with Crippen LogP contribution in [0.5, 0.6) is 0 Å². The zero-order valence-corrected chi connectivity index (χ0v) is 33.0. The lowest BCUT2D eigenvalue weighted by atomic mass is 9.63. The summed E-state index contributed by atoms with van der Waals surface area (Å²) in [6.45, 7) is 53.1. The summed E-state index contributed by atoms with van der Waals surface area (Å²) < 4.78 is 0. The molecule has 0 nitrogen and oxygen atoms in total. The highest BCUT2D eigenvalue weighted by atomic mass is 14.4. The van der Waals surface area contributed by atoms with Gasteiger partial charge < -0.3 is 0 Å². The van der Waals surface area contributed by atoms with Crippen LogP contribution in [-0.4, -0.2) is 0 Å². The molecule has 0 aliphatic carbocycles. The molecule has 0 aromatic heterocycles. The molecule has 1 unspecified atom stereocenters. The van der Waals surface area contributed by atoms with Crippen LogP contribution in [0.4, 0.5) is 0 Å². The Morgan fingerprint density at radius 2 is 0.698 bits per heavy atom. The fourth-order valence-corrected chi connectivity index (χ4v) is 7.13. The summed E-state index contributed by atoms with van der Waals surface area (Å²) >= 11 is 0. The van der Waals surface area contributed by atoms with Gasteiger partial charge in [-0.05, 0) is 100 Å². The Bertz CT molecular complexity index is 1290. The first-order valence-corrected chi connectivity index (χ1v) is 17.1. The Morgan fingerprint density at radius 3 is 1.02 bits per heavy atom. The van der Waals surface area contributed by atoms with Crippen molar-refractivity contribution in [1.29, 1.82) is 0 Å². The maximum atomic E-state index is 2.62. The van der Waals surface area contributed by atoms with E-state index in [1.54, 1.807) is 16.7 Å². The molecule has 0 aliphatic rings. The van der Waals surface area contributed by atoms with Crippen LogP contribution in [0.2, 0.25) is 0 Å². The molecule has 2 aromatic carbocycles. The van der Waals surface area contributed by atoms with Gasteiger partial charge in [-0.3, -0.25) is 0 Å². The molecule has 43 heavy (non-hydrogen) atoms. The second-order valence-corrected chi connectivity index (χ2v) is 21.0. The van der Waals surface area contributed by atoms with E-state index in [1.807, 2.05) is 0 Å². The molecule has 0 fully saturated rings. The van der Waals surface area contributed by atoms with Crippen molar-refractivity contribution < 1.29 is 0 Å². The summed E-state index contributed by atoms with van der Waals surface area (Å²) in [5.41, 5.74) is 14.2. The molecule has 0 aliphatic heterocycles. The third-order valence-corrected chi connectivity index (χ3v) is 9.21. The summed E-state index contributed by atoms with van der Waals surface area (Å²) in [6.07, 6.45) is 1.05. The van der Waals surface area contributed by atoms with E-state index in [0.717, 1.165) is 6.42 Å². The average molecular weight is 589 g/mol. The minimum absolute atomic E-state index is 0.0262. The van der Waals surface area contributed by atoms with Gasteiger partial charge in [0.25, 0.3) is 0 Å². The van der Waals surface area contributed by atoms with E-state index in [4.69, 9.17) is 0 Å². The van der Waals surface area contributed by atoms with Crippen molar-refractivity contribution in [3.63, 3.8) is 0 Å². The lowest BCUT2D eigenvalue weighted by Gasteiger charge is -2.42. The number of benzene rings is 2. The molecule has 244 valence electrons. The van der Waals surface area contributed by atoms with E-state index in [2.05, 4.69) is 171 Å². The minimum atomic E-state index is 0.0262. The van der Waals surface area contributed by atoms with Crippen LogP contribution in [0.15, 0.2) is 18.2 Å².